The van der Waals surface area contributed by atoms with Crippen LogP contribution in [0, 0.1) is 5.82 Å². The Morgan fingerprint density at radius 3 is 2.03 bits per heavy atom. The molecule has 1 aromatic heterocycles. The van der Waals surface area contributed by atoms with Crippen molar-refractivity contribution in [2.45, 2.75) is 38.4 Å². The molecule has 2 amide bonds. The molecule has 0 aliphatic carbocycles. The molecule has 4 aromatic rings. The molecule has 1 atom stereocenters. The molecule has 0 spiro atoms. The summed E-state index contributed by atoms with van der Waals surface area (Å²) >= 11 is 0. The van der Waals surface area contributed by atoms with Crippen molar-refractivity contribution in [1.82, 2.24) is 15.2 Å². The van der Waals surface area contributed by atoms with Crippen molar-refractivity contribution in [1.29, 1.82) is 0 Å². The number of carbonyl (C=O) groups excluding carboxylic acids is 2. The van der Waals surface area contributed by atoms with Crippen molar-refractivity contribution < 1.29 is 14.0 Å². The van der Waals surface area contributed by atoms with E-state index in [1.807, 2.05) is 72.8 Å². The smallest absolute Gasteiger partial charge is 0.243 e. The number of carbonyl (C=O) groups is 2. The van der Waals surface area contributed by atoms with Gasteiger partial charge in [0.1, 0.15) is 11.9 Å². The molecule has 0 saturated carbocycles. The molecule has 0 saturated heterocycles. The molecule has 3 aromatic carbocycles. The van der Waals surface area contributed by atoms with Gasteiger partial charge in [0.25, 0.3) is 0 Å². The highest BCUT2D eigenvalue weighted by molar-refractivity contribution is 5.88. The number of nitrogens with zero attached hydrogens (tertiary/aromatic N) is 2. The maximum absolute atomic E-state index is 13.7. The topological polar surface area (TPSA) is 62.3 Å². The van der Waals surface area contributed by atoms with Gasteiger partial charge in [-0.05, 0) is 52.9 Å². The maximum Gasteiger partial charge on any atom is 0.243 e. The average molecular weight is 496 g/mol. The van der Waals surface area contributed by atoms with E-state index in [9.17, 15) is 14.0 Å². The van der Waals surface area contributed by atoms with E-state index in [0.29, 0.717) is 19.4 Å². The van der Waals surface area contributed by atoms with E-state index < -0.39 is 6.04 Å². The molecule has 0 radical (unpaired) electrons. The Labute approximate surface area is 217 Å². The molecule has 1 N–H and O–H groups in total. The number of benzene rings is 3. The standard InChI is InChI=1S/C31H30FN3O2/c32-28-14-11-27(12-15-28)23-35(30(36)16-13-24-7-3-1-4-8-24)29(21-25-9-5-2-6-10-25)31(37)34-22-26-17-19-33-20-18-26/h1-12,14-15,17-20,29H,13,16,21-23H2,(H,34,37)/t29-/m0/s1. The minimum atomic E-state index is -0.738. The second kappa shape index (κ2) is 13.1. The van der Waals surface area contributed by atoms with Crippen LogP contribution < -0.4 is 5.32 Å². The molecular weight excluding hydrogens is 465 g/mol. The predicted octanol–water partition coefficient (Wildman–Crippen LogP) is 5.11. The van der Waals surface area contributed by atoms with Gasteiger partial charge < -0.3 is 10.2 Å². The summed E-state index contributed by atoms with van der Waals surface area (Å²) in [5.41, 5.74) is 3.68. The van der Waals surface area contributed by atoms with E-state index in [0.717, 1.165) is 22.3 Å². The third-order valence-corrected chi connectivity index (χ3v) is 6.22. The normalized spacial score (nSPS) is 11.5. The van der Waals surface area contributed by atoms with Gasteiger partial charge in [0.15, 0.2) is 0 Å². The third-order valence-electron chi connectivity index (χ3n) is 6.22. The molecule has 4 rings (SSSR count). The van der Waals surface area contributed by atoms with Crippen LogP contribution in [0.5, 0.6) is 0 Å². The molecule has 0 aliphatic heterocycles. The maximum atomic E-state index is 13.7. The number of pyridine rings is 1. The fourth-order valence-corrected chi connectivity index (χ4v) is 4.19. The third kappa shape index (κ3) is 7.84. The summed E-state index contributed by atoms with van der Waals surface area (Å²) in [4.78, 5) is 32.9. The Balaban J connectivity index is 1.60. The van der Waals surface area contributed by atoms with Gasteiger partial charge in [0.2, 0.25) is 11.8 Å². The molecule has 37 heavy (non-hydrogen) atoms. The van der Waals surface area contributed by atoms with Crippen LogP contribution in [0.3, 0.4) is 0 Å². The average Bonchev–Trinajstić information content (AvgIpc) is 2.95. The van der Waals surface area contributed by atoms with Crippen LogP contribution in [0.4, 0.5) is 4.39 Å². The van der Waals surface area contributed by atoms with Gasteiger partial charge >= 0.3 is 0 Å². The van der Waals surface area contributed by atoms with Crippen molar-refractivity contribution in [3.8, 4) is 0 Å². The number of halogens is 1. The SMILES string of the molecule is O=C(NCc1ccncc1)[C@H](Cc1ccccc1)N(Cc1ccc(F)cc1)C(=O)CCc1ccccc1. The fourth-order valence-electron chi connectivity index (χ4n) is 4.19. The Kier molecular flexibility index (Phi) is 9.13. The van der Waals surface area contributed by atoms with Crippen LogP contribution in [0.1, 0.15) is 28.7 Å². The molecule has 188 valence electrons. The van der Waals surface area contributed by atoms with E-state index in [1.165, 1.54) is 12.1 Å². The first-order chi connectivity index (χ1) is 18.1. The number of amides is 2. The van der Waals surface area contributed by atoms with E-state index in [4.69, 9.17) is 0 Å². The van der Waals surface area contributed by atoms with Crippen LogP contribution in [0.2, 0.25) is 0 Å². The quantitative estimate of drug-likeness (QED) is 0.315. The van der Waals surface area contributed by atoms with Crippen LogP contribution in [0.25, 0.3) is 0 Å². The van der Waals surface area contributed by atoms with E-state index in [1.54, 1.807) is 29.4 Å². The van der Waals surface area contributed by atoms with E-state index in [2.05, 4.69) is 10.3 Å². The second-order valence-corrected chi connectivity index (χ2v) is 8.91. The fraction of sp³-hybridized carbons (Fsp3) is 0.194. The van der Waals surface area contributed by atoms with Crippen molar-refractivity contribution >= 4 is 11.8 Å². The molecule has 5 nitrogen and oxygen atoms in total. The minimum absolute atomic E-state index is 0.131. The Morgan fingerprint density at radius 1 is 0.757 bits per heavy atom. The van der Waals surface area contributed by atoms with Gasteiger partial charge in [0.05, 0.1) is 0 Å². The zero-order valence-corrected chi connectivity index (χ0v) is 20.6. The summed E-state index contributed by atoms with van der Waals surface area (Å²) < 4.78 is 13.6. The van der Waals surface area contributed by atoms with E-state index >= 15 is 0 Å². The highest BCUT2D eigenvalue weighted by Gasteiger charge is 2.30. The summed E-state index contributed by atoms with van der Waals surface area (Å²) in [5.74, 6) is -0.717. The molecule has 0 unspecified atom stereocenters. The van der Waals surface area contributed by atoms with Gasteiger partial charge in [-0.15, -0.1) is 0 Å². The lowest BCUT2D eigenvalue weighted by atomic mass is 10.0. The summed E-state index contributed by atoms with van der Waals surface area (Å²) in [6, 6.07) is 28.5. The molecule has 1 heterocycles. The number of rotatable bonds is 11. The van der Waals surface area contributed by atoms with Gasteiger partial charge in [-0.3, -0.25) is 14.6 Å². The highest BCUT2D eigenvalue weighted by atomic mass is 19.1. The Morgan fingerprint density at radius 2 is 1.38 bits per heavy atom. The number of hydrogen-bond acceptors (Lipinski definition) is 3. The lowest BCUT2D eigenvalue weighted by Gasteiger charge is -2.31. The summed E-state index contributed by atoms with van der Waals surface area (Å²) in [6.07, 6.45) is 4.54. The molecule has 0 bridgehead atoms. The summed E-state index contributed by atoms with van der Waals surface area (Å²) in [6.45, 7) is 0.531. The number of aromatic nitrogens is 1. The van der Waals surface area contributed by atoms with Gasteiger partial charge in [0, 0.05) is 38.3 Å². The second-order valence-electron chi connectivity index (χ2n) is 8.91. The highest BCUT2D eigenvalue weighted by Crippen LogP contribution is 2.17. The molecular formula is C31H30FN3O2. The summed E-state index contributed by atoms with van der Waals surface area (Å²) in [5, 5.41) is 3.00. The molecule has 0 aliphatic rings. The zero-order valence-electron chi connectivity index (χ0n) is 20.6. The van der Waals surface area contributed by atoms with Crippen LogP contribution >= 0.6 is 0 Å². The van der Waals surface area contributed by atoms with Crippen LogP contribution in [-0.4, -0.2) is 27.7 Å². The number of hydrogen-bond donors (Lipinski definition) is 1. The largest absolute Gasteiger partial charge is 0.350 e. The van der Waals surface area contributed by atoms with Crippen molar-refractivity contribution in [3.05, 3.63) is 138 Å². The number of nitrogens with one attached hydrogen (secondary N) is 1. The molecule has 6 heteroatoms. The molecule has 0 fully saturated rings. The van der Waals surface area contributed by atoms with Gasteiger partial charge in [-0.25, -0.2) is 4.39 Å². The van der Waals surface area contributed by atoms with Gasteiger partial charge in [-0.2, -0.15) is 0 Å². The zero-order chi connectivity index (χ0) is 25.9. The monoisotopic (exact) mass is 495 g/mol. The number of aryl methyl sites for hydroxylation is 1. The lowest BCUT2D eigenvalue weighted by molar-refractivity contribution is -0.141. The lowest BCUT2D eigenvalue weighted by Crippen LogP contribution is -2.50. The van der Waals surface area contributed by atoms with Crippen LogP contribution in [0.15, 0.2) is 109 Å². The van der Waals surface area contributed by atoms with Crippen molar-refractivity contribution in [3.63, 3.8) is 0 Å². The Bertz CT molecular complexity index is 1270. The van der Waals surface area contributed by atoms with Gasteiger partial charge in [-0.1, -0.05) is 72.8 Å². The first kappa shape index (κ1) is 25.8. The first-order valence-electron chi connectivity index (χ1n) is 12.4. The van der Waals surface area contributed by atoms with E-state index in [-0.39, 0.29) is 30.6 Å². The van der Waals surface area contributed by atoms with Crippen LogP contribution in [-0.2, 0) is 35.5 Å². The predicted molar refractivity (Wildman–Crippen MR) is 142 cm³/mol. The Hall–Kier alpha value is -4.32. The van der Waals surface area contributed by atoms with Crippen molar-refractivity contribution in [2.24, 2.45) is 0 Å². The van der Waals surface area contributed by atoms with Crippen molar-refractivity contribution in [2.75, 3.05) is 0 Å². The minimum Gasteiger partial charge on any atom is -0.350 e. The summed E-state index contributed by atoms with van der Waals surface area (Å²) in [7, 11) is 0. The first-order valence-corrected chi connectivity index (χ1v) is 12.4.